The van der Waals surface area contributed by atoms with E-state index in [1.54, 1.807) is 17.5 Å². The summed E-state index contributed by atoms with van der Waals surface area (Å²) in [7, 11) is 0. The molecule has 3 aromatic rings. The van der Waals surface area contributed by atoms with Crippen molar-refractivity contribution < 1.29 is 0 Å². The monoisotopic (exact) mass is 339 g/mol. The molecule has 0 amide bonds. The van der Waals surface area contributed by atoms with Gasteiger partial charge in [0.25, 0.3) is 5.56 Å². The molecule has 0 saturated heterocycles. The Balaban J connectivity index is 1.64. The largest absolute Gasteiger partial charge is 0.305 e. The summed E-state index contributed by atoms with van der Waals surface area (Å²) in [6.45, 7) is 4.42. The van der Waals surface area contributed by atoms with Gasteiger partial charge in [0.2, 0.25) is 0 Å². The maximum absolute atomic E-state index is 12.4. The zero-order chi connectivity index (χ0) is 16.5. The fourth-order valence-electron chi connectivity index (χ4n) is 2.93. The van der Waals surface area contributed by atoms with E-state index in [4.69, 9.17) is 0 Å². The van der Waals surface area contributed by atoms with Gasteiger partial charge in [0, 0.05) is 36.3 Å². The third-order valence-corrected chi connectivity index (χ3v) is 5.19. The number of nitrogens with one attached hydrogen (secondary N) is 1. The first-order chi connectivity index (χ1) is 11.7. The predicted molar refractivity (Wildman–Crippen MR) is 92.8 cm³/mol. The summed E-state index contributed by atoms with van der Waals surface area (Å²) in [5.41, 5.74) is 5.26. The molecule has 0 saturated carbocycles. The molecule has 1 aliphatic rings. The summed E-state index contributed by atoms with van der Waals surface area (Å²) in [6, 6.07) is 5.59. The standard InChI is InChI=1S/C17H17N5OS/c1-11-15(24-10-19-11)9-22-7-5-12-14(8-22)20-16(21-17(12)23)13-4-2-3-6-18-13/h2-4,6,10H,5,7-9H2,1H3,(H,20,21,23). The molecule has 1 aliphatic heterocycles. The zero-order valence-corrected chi connectivity index (χ0v) is 14.1. The molecule has 6 nitrogen and oxygen atoms in total. The van der Waals surface area contributed by atoms with Crippen LogP contribution in [0.3, 0.4) is 0 Å². The number of hydrogen-bond acceptors (Lipinski definition) is 6. The van der Waals surface area contributed by atoms with Gasteiger partial charge in [-0.05, 0) is 25.5 Å². The van der Waals surface area contributed by atoms with Gasteiger partial charge >= 0.3 is 0 Å². The number of nitrogens with zero attached hydrogens (tertiary/aromatic N) is 4. The molecule has 0 spiro atoms. The van der Waals surface area contributed by atoms with Gasteiger partial charge < -0.3 is 4.98 Å². The predicted octanol–water partition coefficient (Wildman–Crippen LogP) is 2.16. The number of aromatic nitrogens is 4. The third kappa shape index (κ3) is 2.88. The molecule has 4 heterocycles. The van der Waals surface area contributed by atoms with E-state index in [1.165, 1.54) is 4.88 Å². The number of pyridine rings is 1. The molecule has 0 atom stereocenters. The van der Waals surface area contributed by atoms with Crippen LogP contribution in [0.5, 0.6) is 0 Å². The lowest BCUT2D eigenvalue weighted by atomic mass is 10.1. The highest BCUT2D eigenvalue weighted by atomic mass is 32.1. The Bertz CT molecular complexity index is 918. The molecule has 0 fully saturated rings. The van der Waals surface area contributed by atoms with Gasteiger partial charge in [0.15, 0.2) is 5.82 Å². The Morgan fingerprint density at radius 3 is 3.00 bits per heavy atom. The number of aromatic amines is 1. The molecule has 3 aromatic heterocycles. The van der Waals surface area contributed by atoms with Crippen molar-refractivity contribution in [3.8, 4) is 11.5 Å². The van der Waals surface area contributed by atoms with Gasteiger partial charge in [-0.1, -0.05) is 6.07 Å². The molecule has 7 heteroatoms. The Hall–Kier alpha value is -2.38. The number of rotatable bonds is 3. The van der Waals surface area contributed by atoms with Crippen molar-refractivity contribution >= 4 is 11.3 Å². The minimum atomic E-state index is -0.0470. The molecule has 0 bridgehead atoms. The van der Waals surface area contributed by atoms with E-state index in [9.17, 15) is 4.79 Å². The smallest absolute Gasteiger partial charge is 0.254 e. The van der Waals surface area contributed by atoms with Crippen molar-refractivity contribution in [3.05, 3.63) is 62.1 Å². The minimum absolute atomic E-state index is 0.0470. The second-order valence-corrected chi connectivity index (χ2v) is 6.82. The van der Waals surface area contributed by atoms with Crippen molar-refractivity contribution in [2.45, 2.75) is 26.4 Å². The SMILES string of the molecule is Cc1ncsc1CN1CCc2c(nc(-c3ccccn3)[nH]c2=O)C1. The molecular formula is C17H17N5OS. The molecule has 122 valence electrons. The Kier molecular flexibility index (Phi) is 3.95. The number of fused-ring (bicyclic) bond motifs is 1. The summed E-state index contributed by atoms with van der Waals surface area (Å²) in [4.78, 5) is 32.1. The first-order valence-corrected chi connectivity index (χ1v) is 8.73. The highest BCUT2D eigenvalue weighted by molar-refractivity contribution is 7.09. The van der Waals surface area contributed by atoms with Crippen molar-refractivity contribution in [1.29, 1.82) is 0 Å². The molecule has 1 N–H and O–H groups in total. The lowest BCUT2D eigenvalue weighted by Crippen LogP contribution is -2.35. The molecule has 0 aromatic carbocycles. The van der Waals surface area contributed by atoms with Crippen LogP contribution in [0.4, 0.5) is 0 Å². The molecule has 0 aliphatic carbocycles. The molecule has 24 heavy (non-hydrogen) atoms. The maximum atomic E-state index is 12.4. The van der Waals surface area contributed by atoms with Crippen LogP contribution in [-0.4, -0.2) is 31.4 Å². The normalized spacial score (nSPS) is 14.5. The summed E-state index contributed by atoms with van der Waals surface area (Å²) >= 11 is 1.68. The first kappa shape index (κ1) is 15.2. The lowest BCUT2D eigenvalue weighted by Gasteiger charge is -2.27. The van der Waals surface area contributed by atoms with Gasteiger partial charge in [0.1, 0.15) is 5.69 Å². The number of H-pyrrole nitrogens is 1. The van der Waals surface area contributed by atoms with Gasteiger partial charge in [-0.2, -0.15) is 0 Å². The van der Waals surface area contributed by atoms with E-state index < -0.39 is 0 Å². The topological polar surface area (TPSA) is 74.8 Å². The summed E-state index contributed by atoms with van der Waals surface area (Å²) in [5, 5.41) is 0. The maximum Gasteiger partial charge on any atom is 0.254 e. The second kappa shape index (κ2) is 6.26. The number of aryl methyl sites for hydroxylation is 1. The van der Waals surface area contributed by atoms with Crippen LogP contribution < -0.4 is 5.56 Å². The van der Waals surface area contributed by atoms with Crippen LogP contribution in [0.1, 0.15) is 21.8 Å². The zero-order valence-electron chi connectivity index (χ0n) is 13.3. The highest BCUT2D eigenvalue weighted by Gasteiger charge is 2.22. The second-order valence-electron chi connectivity index (χ2n) is 5.88. The molecule has 0 unspecified atom stereocenters. The van der Waals surface area contributed by atoms with Gasteiger partial charge in [-0.3, -0.25) is 14.7 Å². The van der Waals surface area contributed by atoms with E-state index in [0.717, 1.165) is 36.5 Å². The van der Waals surface area contributed by atoms with Crippen LogP contribution in [0, 0.1) is 6.92 Å². The van der Waals surface area contributed by atoms with Crippen LogP contribution in [-0.2, 0) is 19.5 Å². The van der Waals surface area contributed by atoms with E-state index in [1.807, 2.05) is 30.6 Å². The van der Waals surface area contributed by atoms with Crippen LogP contribution in [0.15, 0.2) is 34.7 Å². The van der Waals surface area contributed by atoms with Crippen molar-refractivity contribution in [1.82, 2.24) is 24.8 Å². The van der Waals surface area contributed by atoms with E-state index in [2.05, 4.69) is 24.8 Å². The quantitative estimate of drug-likeness (QED) is 0.791. The van der Waals surface area contributed by atoms with Gasteiger partial charge in [-0.25, -0.2) is 9.97 Å². The molecule has 4 rings (SSSR count). The highest BCUT2D eigenvalue weighted by Crippen LogP contribution is 2.21. The minimum Gasteiger partial charge on any atom is -0.305 e. The van der Waals surface area contributed by atoms with E-state index >= 15 is 0 Å². The van der Waals surface area contributed by atoms with E-state index in [-0.39, 0.29) is 5.56 Å². The van der Waals surface area contributed by atoms with Crippen LogP contribution in [0.2, 0.25) is 0 Å². The van der Waals surface area contributed by atoms with Gasteiger partial charge in [-0.15, -0.1) is 11.3 Å². The van der Waals surface area contributed by atoms with Gasteiger partial charge in [0.05, 0.1) is 16.9 Å². The van der Waals surface area contributed by atoms with Crippen LogP contribution >= 0.6 is 11.3 Å². The lowest BCUT2D eigenvalue weighted by molar-refractivity contribution is 0.242. The summed E-state index contributed by atoms with van der Waals surface area (Å²) < 4.78 is 0. The summed E-state index contributed by atoms with van der Waals surface area (Å²) in [6.07, 6.45) is 2.42. The Labute approximate surface area is 143 Å². The summed E-state index contributed by atoms with van der Waals surface area (Å²) in [5.74, 6) is 0.537. The molecule has 0 radical (unpaired) electrons. The Morgan fingerprint density at radius 2 is 2.25 bits per heavy atom. The number of hydrogen-bond donors (Lipinski definition) is 1. The van der Waals surface area contributed by atoms with Crippen molar-refractivity contribution in [2.24, 2.45) is 0 Å². The van der Waals surface area contributed by atoms with Crippen molar-refractivity contribution in [2.75, 3.05) is 6.54 Å². The fraction of sp³-hybridized carbons (Fsp3) is 0.294. The Morgan fingerprint density at radius 1 is 1.33 bits per heavy atom. The van der Waals surface area contributed by atoms with Crippen LogP contribution in [0.25, 0.3) is 11.5 Å². The average Bonchev–Trinajstić information content (AvgIpc) is 3.00. The average molecular weight is 339 g/mol. The molecular weight excluding hydrogens is 322 g/mol. The number of thiazole rings is 1. The first-order valence-electron chi connectivity index (χ1n) is 7.85. The third-order valence-electron chi connectivity index (χ3n) is 4.27. The fourth-order valence-corrected chi connectivity index (χ4v) is 3.75. The van der Waals surface area contributed by atoms with E-state index in [0.29, 0.717) is 18.1 Å². The van der Waals surface area contributed by atoms with Crippen molar-refractivity contribution in [3.63, 3.8) is 0 Å².